The highest BCUT2D eigenvalue weighted by molar-refractivity contribution is 6.03. The van der Waals surface area contributed by atoms with Crippen LogP contribution in [0.5, 0.6) is 5.75 Å². The predicted molar refractivity (Wildman–Crippen MR) is 84.7 cm³/mol. The van der Waals surface area contributed by atoms with Crippen molar-refractivity contribution in [3.8, 4) is 5.75 Å². The van der Waals surface area contributed by atoms with E-state index in [1.807, 2.05) is 6.92 Å². The summed E-state index contributed by atoms with van der Waals surface area (Å²) in [5.74, 6) is -0.996. The molecule has 23 heavy (non-hydrogen) atoms. The van der Waals surface area contributed by atoms with Crippen molar-refractivity contribution in [2.45, 2.75) is 39.2 Å². The number of carbonyl (C=O) groups is 3. The maximum Gasteiger partial charge on any atom is 0.303 e. The maximum absolute atomic E-state index is 12.4. The largest absolute Gasteiger partial charge is 0.481 e. The number of amides is 2. The van der Waals surface area contributed by atoms with Gasteiger partial charge in [0, 0.05) is 18.7 Å². The van der Waals surface area contributed by atoms with E-state index in [2.05, 4.69) is 5.32 Å². The third kappa shape index (κ3) is 3.61. The van der Waals surface area contributed by atoms with E-state index in [1.54, 1.807) is 36.9 Å². The number of anilines is 2. The minimum absolute atomic E-state index is 0.105. The first kappa shape index (κ1) is 16.8. The molecule has 7 nitrogen and oxygen atoms in total. The van der Waals surface area contributed by atoms with Crippen LogP contribution in [0.2, 0.25) is 0 Å². The lowest BCUT2D eigenvalue weighted by molar-refractivity contribution is -0.138. The van der Waals surface area contributed by atoms with Crippen LogP contribution in [0.3, 0.4) is 0 Å². The molecule has 1 aliphatic rings. The smallest absolute Gasteiger partial charge is 0.303 e. The van der Waals surface area contributed by atoms with Gasteiger partial charge in [0.15, 0.2) is 5.60 Å². The number of ether oxygens (including phenoxy) is 1. The fraction of sp³-hybridized carbons (Fsp3) is 0.438. The van der Waals surface area contributed by atoms with E-state index in [4.69, 9.17) is 9.84 Å². The summed E-state index contributed by atoms with van der Waals surface area (Å²) in [5.41, 5.74) is 0.150. The molecule has 1 aromatic carbocycles. The van der Waals surface area contributed by atoms with Gasteiger partial charge in [-0.2, -0.15) is 0 Å². The number of fused-ring (bicyclic) bond motifs is 1. The highest BCUT2D eigenvalue weighted by Crippen LogP contribution is 2.39. The van der Waals surface area contributed by atoms with Crippen LogP contribution in [0.25, 0.3) is 0 Å². The fourth-order valence-corrected chi connectivity index (χ4v) is 2.40. The van der Waals surface area contributed by atoms with Crippen molar-refractivity contribution < 1.29 is 24.2 Å². The van der Waals surface area contributed by atoms with Gasteiger partial charge < -0.3 is 20.1 Å². The highest BCUT2D eigenvalue weighted by Gasteiger charge is 2.40. The Labute approximate surface area is 134 Å². The Kier molecular flexibility index (Phi) is 4.58. The molecule has 0 radical (unpaired) electrons. The number of nitrogens with zero attached hydrogens (tertiary/aromatic N) is 1. The molecule has 1 aliphatic heterocycles. The van der Waals surface area contributed by atoms with Crippen LogP contribution in [0, 0.1) is 0 Å². The van der Waals surface area contributed by atoms with Crippen molar-refractivity contribution in [2.24, 2.45) is 0 Å². The van der Waals surface area contributed by atoms with Gasteiger partial charge in [-0.25, -0.2) is 0 Å². The minimum Gasteiger partial charge on any atom is -0.481 e. The standard InChI is InChI=1S/C16H20N2O5/c1-4-18-11-9-10(17-13(19)7-8-14(20)21)5-6-12(11)23-16(2,3)15(18)22/h5-6,9H,4,7-8H2,1-3H3,(H,17,19)(H,20,21). The van der Waals surface area contributed by atoms with Gasteiger partial charge in [0.1, 0.15) is 5.75 Å². The first-order valence-corrected chi connectivity index (χ1v) is 7.41. The zero-order chi connectivity index (χ0) is 17.2. The number of likely N-dealkylation sites (N-methyl/N-ethyl adjacent to an activating group) is 1. The first-order chi connectivity index (χ1) is 10.7. The molecular weight excluding hydrogens is 300 g/mol. The zero-order valence-electron chi connectivity index (χ0n) is 13.4. The molecule has 0 spiro atoms. The van der Waals surface area contributed by atoms with E-state index < -0.39 is 17.5 Å². The lowest BCUT2D eigenvalue weighted by Gasteiger charge is -2.38. The molecule has 0 bridgehead atoms. The summed E-state index contributed by atoms with van der Waals surface area (Å²) in [5, 5.41) is 11.2. The Hall–Kier alpha value is -2.57. The van der Waals surface area contributed by atoms with Gasteiger partial charge in [0.2, 0.25) is 5.91 Å². The van der Waals surface area contributed by atoms with Crippen LogP contribution >= 0.6 is 0 Å². The average molecular weight is 320 g/mol. The lowest BCUT2D eigenvalue weighted by atomic mass is 10.0. The van der Waals surface area contributed by atoms with E-state index in [0.717, 1.165) is 0 Å². The van der Waals surface area contributed by atoms with Gasteiger partial charge in [-0.3, -0.25) is 14.4 Å². The Morgan fingerprint density at radius 2 is 2.00 bits per heavy atom. The number of rotatable bonds is 5. The van der Waals surface area contributed by atoms with Crippen LogP contribution in [0.4, 0.5) is 11.4 Å². The normalized spacial score (nSPS) is 15.6. The number of carboxylic acid groups (broad SMARTS) is 1. The maximum atomic E-state index is 12.4. The topological polar surface area (TPSA) is 95.9 Å². The average Bonchev–Trinajstić information content (AvgIpc) is 2.47. The quantitative estimate of drug-likeness (QED) is 0.865. The number of carboxylic acids is 1. The van der Waals surface area contributed by atoms with Gasteiger partial charge >= 0.3 is 5.97 Å². The SMILES string of the molecule is CCN1C(=O)C(C)(C)Oc2ccc(NC(=O)CCC(=O)O)cc21. The van der Waals surface area contributed by atoms with Gasteiger partial charge in [-0.1, -0.05) is 0 Å². The number of benzene rings is 1. The Balaban J connectivity index is 2.22. The molecule has 0 saturated heterocycles. The lowest BCUT2D eigenvalue weighted by Crippen LogP contribution is -2.52. The van der Waals surface area contributed by atoms with Crippen molar-refractivity contribution in [1.82, 2.24) is 0 Å². The van der Waals surface area contributed by atoms with E-state index >= 15 is 0 Å². The van der Waals surface area contributed by atoms with Crippen molar-refractivity contribution in [1.29, 1.82) is 0 Å². The predicted octanol–water partition coefficient (Wildman–Crippen LogP) is 2.01. The van der Waals surface area contributed by atoms with Gasteiger partial charge in [0.05, 0.1) is 12.1 Å². The highest BCUT2D eigenvalue weighted by atomic mass is 16.5. The number of hydrogen-bond acceptors (Lipinski definition) is 4. The molecule has 2 amide bonds. The molecule has 0 atom stereocenters. The van der Waals surface area contributed by atoms with E-state index in [-0.39, 0.29) is 18.7 Å². The molecule has 7 heteroatoms. The second kappa shape index (κ2) is 6.28. The molecule has 2 rings (SSSR count). The molecule has 0 aromatic heterocycles. The third-order valence-electron chi connectivity index (χ3n) is 3.54. The Morgan fingerprint density at radius 3 is 2.61 bits per heavy atom. The summed E-state index contributed by atoms with van der Waals surface area (Å²) in [4.78, 5) is 36.2. The Morgan fingerprint density at radius 1 is 1.30 bits per heavy atom. The van der Waals surface area contributed by atoms with Crippen LogP contribution < -0.4 is 15.0 Å². The summed E-state index contributed by atoms with van der Waals surface area (Å²) >= 11 is 0. The van der Waals surface area contributed by atoms with E-state index in [1.165, 1.54) is 0 Å². The second-order valence-electron chi connectivity index (χ2n) is 5.79. The summed E-state index contributed by atoms with van der Waals surface area (Å²) in [7, 11) is 0. The molecule has 2 N–H and O–H groups in total. The van der Waals surface area contributed by atoms with Crippen LogP contribution in [-0.4, -0.2) is 35.0 Å². The second-order valence-corrected chi connectivity index (χ2v) is 5.79. The summed E-state index contributed by atoms with van der Waals surface area (Å²) in [6.45, 7) is 5.77. The third-order valence-corrected chi connectivity index (χ3v) is 3.54. The van der Waals surface area contributed by atoms with Crippen molar-refractivity contribution in [3.63, 3.8) is 0 Å². The summed E-state index contributed by atoms with van der Waals surface area (Å²) in [6, 6.07) is 5.01. The molecule has 0 saturated carbocycles. The van der Waals surface area contributed by atoms with Gasteiger partial charge in [0.25, 0.3) is 5.91 Å². The number of hydrogen-bond donors (Lipinski definition) is 2. The molecule has 0 aliphatic carbocycles. The number of nitrogens with one attached hydrogen (secondary N) is 1. The number of aliphatic carboxylic acids is 1. The Bertz CT molecular complexity index is 654. The van der Waals surface area contributed by atoms with Crippen molar-refractivity contribution in [3.05, 3.63) is 18.2 Å². The number of carbonyl (C=O) groups excluding carboxylic acids is 2. The molecule has 0 fully saturated rings. The first-order valence-electron chi connectivity index (χ1n) is 7.41. The van der Waals surface area contributed by atoms with Crippen LogP contribution in [-0.2, 0) is 14.4 Å². The van der Waals surface area contributed by atoms with Crippen LogP contribution in [0.1, 0.15) is 33.6 Å². The molecule has 1 heterocycles. The summed E-state index contributed by atoms with van der Waals surface area (Å²) in [6.07, 6.45) is -0.333. The summed E-state index contributed by atoms with van der Waals surface area (Å²) < 4.78 is 5.72. The zero-order valence-corrected chi connectivity index (χ0v) is 13.4. The van der Waals surface area contributed by atoms with E-state index in [0.29, 0.717) is 23.7 Å². The van der Waals surface area contributed by atoms with Crippen LogP contribution in [0.15, 0.2) is 18.2 Å². The molecule has 124 valence electrons. The fourth-order valence-electron chi connectivity index (χ4n) is 2.40. The van der Waals surface area contributed by atoms with Crippen molar-refractivity contribution >= 4 is 29.2 Å². The molecule has 0 unspecified atom stereocenters. The van der Waals surface area contributed by atoms with E-state index in [9.17, 15) is 14.4 Å². The molecular formula is C16H20N2O5. The van der Waals surface area contributed by atoms with Gasteiger partial charge in [-0.05, 0) is 39.0 Å². The molecule has 1 aromatic rings. The minimum atomic E-state index is -1.02. The van der Waals surface area contributed by atoms with Crippen molar-refractivity contribution in [2.75, 3.05) is 16.8 Å². The van der Waals surface area contributed by atoms with Gasteiger partial charge in [-0.15, -0.1) is 0 Å². The monoisotopic (exact) mass is 320 g/mol.